The van der Waals surface area contributed by atoms with E-state index in [1.807, 2.05) is 43.3 Å². The molecule has 2 aromatic carbocycles. The molecule has 4 heterocycles. The first kappa shape index (κ1) is 29.1. The predicted octanol–water partition coefficient (Wildman–Crippen LogP) is 7.17. The summed E-state index contributed by atoms with van der Waals surface area (Å²) in [7, 11) is 4.25. The van der Waals surface area contributed by atoms with E-state index in [-0.39, 0.29) is 28.3 Å². The van der Waals surface area contributed by atoms with Gasteiger partial charge < -0.3 is 15.0 Å². The summed E-state index contributed by atoms with van der Waals surface area (Å²) in [5, 5.41) is 6.08. The number of nitrogens with one attached hydrogen (secondary N) is 1. The number of benzene rings is 2. The van der Waals surface area contributed by atoms with Crippen molar-refractivity contribution in [1.82, 2.24) is 24.8 Å². The Hall–Kier alpha value is -3.62. The fraction of sp³-hybridized carbons (Fsp3) is 0.472. The lowest BCUT2D eigenvalue weighted by atomic mass is 9.75. The fourth-order valence-electron chi connectivity index (χ4n) is 7.95. The van der Waals surface area contributed by atoms with Crippen molar-refractivity contribution in [3.8, 4) is 17.3 Å². The number of hydrogen-bond acceptors (Lipinski definition) is 7. The van der Waals surface area contributed by atoms with Crippen molar-refractivity contribution in [2.24, 2.45) is 5.92 Å². The molecule has 0 unspecified atom stereocenters. The van der Waals surface area contributed by atoms with Crippen LogP contribution in [-0.2, 0) is 0 Å². The Morgan fingerprint density at radius 1 is 1.14 bits per heavy atom. The Labute approximate surface area is 259 Å². The van der Waals surface area contributed by atoms with Crippen molar-refractivity contribution in [2.75, 3.05) is 45.7 Å². The van der Waals surface area contributed by atoms with Gasteiger partial charge in [0.25, 0.3) is 0 Å². The summed E-state index contributed by atoms with van der Waals surface area (Å²) in [5.74, 6) is 0.731. The van der Waals surface area contributed by atoms with E-state index in [0.717, 1.165) is 66.2 Å². The maximum atomic E-state index is 16.8. The number of pyridine rings is 1. The molecule has 44 heavy (non-hydrogen) atoms. The normalized spacial score (nSPS) is 22.8. The van der Waals surface area contributed by atoms with Gasteiger partial charge in [0, 0.05) is 30.4 Å². The van der Waals surface area contributed by atoms with Gasteiger partial charge in [-0.2, -0.15) is 9.97 Å². The van der Waals surface area contributed by atoms with Gasteiger partial charge in [-0.15, -0.1) is 0 Å². The molecular weight excluding hydrogens is 551 g/mol. The van der Waals surface area contributed by atoms with Crippen molar-refractivity contribution in [1.29, 1.82) is 0 Å². The molecule has 230 valence electrons. The van der Waals surface area contributed by atoms with E-state index >= 15 is 4.39 Å². The molecule has 1 saturated carbocycles. The molecule has 8 heteroatoms. The Bertz CT molecular complexity index is 1740. The first-order valence-electron chi connectivity index (χ1n) is 16.0. The first-order chi connectivity index (χ1) is 21.2. The Kier molecular flexibility index (Phi) is 7.33. The molecule has 2 saturated heterocycles. The fourth-order valence-corrected chi connectivity index (χ4v) is 7.95. The zero-order valence-electron chi connectivity index (χ0n) is 26.4. The monoisotopic (exact) mass is 594 g/mol. The average molecular weight is 595 g/mol. The minimum atomic E-state index is -0.470. The van der Waals surface area contributed by atoms with E-state index in [1.54, 1.807) is 6.20 Å². The SMILES string of the molecule is C=C(C)c1cccc2cccc(-c3ncc4c(NCC5(N(C)C)CCC5)nc(OC[C@@]56CCCN5C[C@H](C)C6)nc4c3F)c12. The number of likely N-dealkylation sites (N-methyl/N-ethyl adjacent to an activating group) is 1. The van der Waals surface area contributed by atoms with Crippen LogP contribution < -0.4 is 10.1 Å². The van der Waals surface area contributed by atoms with Crippen LogP contribution in [0.1, 0.15) is 57.9 Å². The molecule has 0 bridgehead atoms. The maximum Gasteiger partial charge on any atom is 0.319 e. The highest BCUT2D eigenvalue weighted by molar-refractivity contribution is 6.04. The molecule has 1 aliphatic carbocycles. The van der Waals surface area contributed by atoms with E-state index in [2.05, 4.69) is 42.7 Å². The van der Waals surface area contributed by atoms with Crippen molar-refractivity contribution >= 4 is 33.1 Å². The van der Waals surface area contributed by atoms with Crippen LogP contribution >= 0.6 is 0 Å². The Morgan fingerprint density at radius 3 is 2.66 bits per heavy atom. The number of halogens is 1. The zero-order valence-corrected chi connectivity index (χ0v) is 26.4. The van der Waals surface area contributed by atoms with Crippen LogP contribution in [0, 0.1) is 11.7 Å². The molecule has 2 aliphatic heterocycles. The van der Waals surface area contributed by atoms with Gasteiger partial charge in [-0.25, -0.2) is 4.39 Å². The Morgan fingerprint density at radius 2 is 1.93 bits per heavy atom. The van der Waals surface area contributed by atoms with E-state index in [1.165, 1.54) is 12.8 Å². The summed E-state index contributed by atoms with van der Waals surface area (Å²) in [6, 6.07) is 12.2. The molecule has 2 atom stereocenters. The molecule has 3 aliphatic rings. The molecule has 0 spiro atoms. The highest BCUT2D eigenvalue weighted by atomic mass is 19.1. The number of nitrogens with zero attached hydrogens (tertiary/aromatic N) is 5. The maximum absolute atomic E-state index is 16.8. The molecule has 4 aromatic rings. The molecule has 0 radical (unpaired) electrons. The molecule has 7 nitrogen and oxygen atoms in total. The van der Waals surface area contributed by atoms with Gasteiger partial charge in [0.2, 0.25) is 0 Å². The minimum Gasteiger partial charge on any atom is -0.461 e. The number of hydrogen-bond donors (Lipinski definition) is 1. The molecule has 2 aromatic heterocycles. The highest BCUT2D eigenvalue weighted by Crippen LogP contribution is 2.42. The van der Waals surface area contributed by atoms with Gasteiger partial charge in [0.15, 0.2) is 5.82 Å². The lowest BCUT2D eigenvalue weighted by Gasteiger charge is -2.47. The van der Waals surface area contributed by atoms with Crippen LogP contribution in [0.25, 0.3) is 38.5 Å². The van der Waals surface area contributed by atoms with Gasteiger partial charge in [0.1, 0.15) is 23.6 Å². The van der Waals surface area contributed by atoms with Crippen molar-refractivity contribution in [2.45, 2.75) is 63.5 Å². The number of rotatable bonds is 9. The summed E-state index contributed by atoms with van der Waals surface area (Å²) >= 11 is 0. The number of anilines is 1. The number of ether oxygens (including phenoxy) is 1. The summed E-state index contributed by atoms with van der Waals surface area (Å²) in [5.41, 5.74) is 3.17. The van der Waals surface area contributed by atoms with E-state index in [4.69, 9.17) is 19.7 Å². The van der Waals surface area contributed by atoms with Gasteiger partial charge in [-0.3, -0.25) is 9.88 Å². The second-order valence-corrected chi connectivity index (χ2v) is 13.7. The average Bonchev–Trinajstić information content (AvgIpc) is 3.50. The van der Waals surface area contributed by atoms with E-state index in [0.29, 0.717) is 30.3 Å². The van der Waals surface area contributed by atoms with Gasteiger partial charge >= 0.3 is 6.01 Å². The summed E-state index contributed by atoms with van der Waals surface area (Å²) in [6.07, 6.45) is 8.52. The summed E-state index contributed by atoms with van der Waals surface area (Å²) in [4.78, 5) is 19.1. The summed E-state index contributed by atoms with van der Waals surface area (Å²) in [6.45, 7) is 11.9. The number of allylic oxidation sites excluding steroid dienone is 1. The number of fused-ring (bicyclic) bond motifs is 3. The van der Waals surface area contributed by atoms with Crippen LogP contribution in [0.2, 0.25) is 0 Å². The van der Waals surface area contributed by atoms with Crippen LogP contribution in [0.3, 0.4) is 0 Å². The third-order valence-electron chi connectivity index (χ3n) is 10.6. The van der Waals surface area contributed by atoms with Crippen LogP contribution in [0.15, 0.2) is 49.2 Å². The highest BCUT2D eigenvalue weighted by Gasteiger charge is 2.48. The lowest BCUT2D eigenvalue weighted by Crippen LogP contribution is -2.54. The molecule has 1 N–H and O–H groups in total. The molecular formula is C36H43FN6O. The first-order valence-corrected chi connectivity index (χ1v) is 16.0. The standard InChI is InChI=1S/C36H43FN6O/c1-23(2)26-12-6-10-25-11-7-13-27(29(25)26)31-30(37)32-28(19-38-31)33(39-21-35(42(4)5)14-8-15-35)41-34(40-32)44-22-36-16-9-17-43(36)20-24(3)18-36/h6-7,10-13,19,24H,1,8-9,14-18,20-22H2,2-5H3,(H,39,40,41)/t24-,36+/m1/s1. The van der Waals surface area contributed by atoms with Gasteiger partial charge in [0.05, 0.1) is 10.9 Å². The zero-order chi connectivity index (χ0) is 30.6. The molecule has 0 amide bonds. The van der Waals surface area contributed by atoms with Crippen molar-refractivity contribution in [3.05, 3.63) is 60.6 Å². The molecule has 3 fully saturated rings. The summed E-state index contributed by atoms with van der Waals surface area (Å²) < 4.78 is 23.2. The minimum absolute atomic E-state index is 0.0100. The molecule has 7 rings (SSSR count). The second-order valence-electron chi connectivity index (χ2n) is 13.7. The predicted molar refractivity (Wildman–Crippen MR) is 177 cm³/mol. The topological polar surface area (TPSA) is 66.4 Å². The number of aromatic nitrogens is 3. The van der Waals surface area contributed by atoms with Crippen LogP contribution in [-0.4, -0.2) is 76.2 Å². The van der Waals surface area contributed by atoms with Gasteiger partial charge in [-0.05, 0) is 88.3 Å². The van der Waals surface area contributed by atoms with E-state index < -0.39 is 5.82 Å². The largest absolute Gasteiger partial charge is 0.461 e. The Balaban J connectivity index is 1.32. The van der Waals surface area contributed by atoms with Crippen molar-refractivity contribution < 1.29 is 9.13 Å². The third kappa shape index (κ3) is 4.83. The van der Waals surface area contributed by atoms with E-state index in [9.17, 15) is 0 Å². The van der Waals surface area contributed by atoms with Gasteiger partial charge in [-0.1, -0.05) is 55.5 Å². The van der Waals surface area contributed by atoms with Crippen LogP contribution in [0.4, 0.5) is 10.2 Å². The quantitative estimate of drug-likeness (QED) is 0.220. The van der Waals surface area contributed by atoms with Crippen molar-refractivity contribution in [3.63, 3.8) is 0 Å². The lowest BCUT2D eigenvalue weighted by molar-refractivity contribution is 0.0738. The smallest absolute Gasteiger partial charge is 0.319 e. The second kappa shape index (κ2) is 11.1. The van der Waals surface area contributed by atoms with Crippen LogP contribution in [0.5, 0.6) is 6.01 Å². The third-order valence-corrected chi connectivity index (χ3v) is 10.6.